The van der Waals surface area contributed by atoms with Crippen LogP contribution >= 0.6 is 0 Å². The number of benzene rings is 2. The van der Waals surface area contributed by atoms with Gasteiger partial charge < -0.3 is 10.1 Å². The van der Waals surface area contributed by atoms with Crippen molar-refractivity contribution in [3.05, 3.63) is 89.9 Å². The standard InChI is InChI=1S/C32H37N5O2.C2H6.H2/c1-22(2)25-7-5-24(6-8-25)21-39-28-11-9-26(10-12-28)31-29-19-36(20-30(38)34-23(3)4)17-18-37(29)35-32(31)27-13-15-33-16-14-27;1-2;/h5-16,22-23H,17-21H2,1-4H3,(H,34,38);1-2H3;1H. The molecule has 3 heterocycles. The van der Waals surface area contributed by atoms with Crippen molar-refractivity contribution < 1.29 is 11.0 Å². The maximum Gasteiger partial charge on any atom is 0.234 e. The smallest absolute Gasteiger partial charge is 0.234 e. The number of hydrogen-bond donors (Lipinski definition) is 1. The van der Waals surface area contributed by atoms with Gasteiger partial charge in [-0.05, 0) is 60.7 Å². The SMILES string of the molecule is CC.CC(C)NC(=O)CN1CCn2nc(-c3ccncc3)c(-c3ccc(OCc4ccc(C(C)C)cc4)cc3)c2C1.[HH]. The first kappa shape index (κ1) is 30.0. The highest BCUT2D eigenvalue weighted by Gasteiger charge is 2.27. The maximum atomic E-state index is 12.5. The van der Waals surface area contributed by atoms with E-state index in [2.05, 4.69) is 70.1 Å². The molecule has 0 aliphatic carbocycles. The number of carbonyl (C=O) groups is 1. The topological polar surface area (TPSA) is 72.3 Å². The highest BCUT2D eigenvalue weighted by Crippen LogP contribution is 2.37. The summed E-state index contributed by atoms with van der Waals surface area (Å²) in [4.78, 5) is 18.8. The molecule has 1 aliphatic rings. The van der Waals surface area contributed by atoms with Gasteiger partial charge in [-0.15, -0.1) is 0 Å². The molecule has 1 aliphatic heterocycles. The molecule has 1 N–H and O–H groups in total. The summed E-state index contributed by atoms with van der Waals surface area (Å²) in [6.07, 6.45) is 3.59. The van der Waals surface area contributed by atoms with E-state index >= 15 is 0 Å². The summed E-state index contributed by atoms with van der Waals surface area (Å²) in [7, 11) is 0. The lowest BCUT2D eigenvalue weighted by Gasteiger charge is -2.28. The van der Waals surface area contributed by atoms with Crippen molar-refractivity contribution in [3.8, 4) is 28.1 Å². The Hall–Kier alpha value is -3.97. The Bertz CT molecular complexity index is 1400. The molecule has 7 nitrogen and oxygen atoms in total. The predicted molar refractivity (Wildman–Crippen MR) is 168 cm³/mol. The summed E-state index contributed by atoms with van der Waals surface area (Å²) in [5, 5.41) is 8.01. The number of aromatic nitrogens is 3. The summed E-state index contributed by atoms with van der Waals surface area (Å²) in [5.41, 5.74) is 7.71. The molecule has 4 aromatic rings. The number of nitrogens with zero attached hydrogens (tertiary/aromatic N) is 4. The van der Waals surface area contributed by atoms with Crippen LogP contribution in [0, 0.1) is 0 Å². The Morgan fingerprint density at radius 2 is 1.61 bits per heavy atom. The molecule has 0 fully saturated rings. The molecule has 0 unspecified atom stereocenters. The Morgan fingerprint density at radius 1 is 0.927 bits per heavy atom. The van der Waals surface area contributed by atoms with Crippen LogP contribution in [0.3, 0.4) is 0 Å². The number of nitrogens with one attached hydrogen (secondary N) is 1. The van der Waals surface area contributed by atoms with Gasteiger partial charge in [-0.25, -0.2) is 0 Å². The van der Waals surface area contributed by atoms with Gasteiger partial charge in [0.1, 0.15) is 18.1 Å². The Balaban J connectivity index is 0.00000158. The molecular weight excluding hydrogens is 510 g/mol. The van der Waals surface area contributed by atoms with E-state index in [1.807, 2.05) is 52.0 Å². The molecule has 7 heteroatoms. The molecule has 0 radical (unpaired) electrons. The van der Waals surface area contributed by atoms with Crippen LogP contribution in [0.2, 0.25) is 0 Å². The third-order valence-corrected chi connectivity index (χ3v) is 7.02. The van der Waals surface area contributed by atoms with Crippen LogP contribution in [0.5, 0.6) is 5.75 Å². The number of amides is 1. The molecule has 5 rings (SSSR count). The van der Waals surface area contributed by atoms with Crippen LogP contribution in [0.15, 0.2) is 73.1 Å². The van der Waals surface area contributed by atoms with E-state index in [1.54, 1.807) is 12.4 Å². The lowest BCUT2D eigenvalue weighted by Crippen LogP contribution is -2.43. The van der Waals surface area contributed by atoms with Gasteiger partial charge in [0, 0.05) is 44.1 Å². The van der Waals surface area contributed by atoms with E-state index in [9.17, 15) is 4.79 Å². The van der Waals surface area contributed by atoms with Crippen LogP contribution in [0.1, 0.15) is 65.7 Å². The second-order valence-electron chi connectivity index (χ2n) is 10.8. The molecule has 0 saturated heterocycles. The number of hydrogen-bond acceptors (Lipinski definition) is 5. The molecule has 218 valence electrons. The van der Waals surface area contributed by atoms with Gasteiger partial charge in [-0.3, -0.25) is 19.4 Å². The quantitative estimate of drug-likeness (QED) is 0.243. The first-order valence-electron chi connectivity index (χ1n) is 14.7. The first-order chi connectivity index (χ1) is 19.9. The monoisotopic (exact) mass is 555 g/mol. The maximum absolute atomic E-state index is 12.5. The van der Waals surface area contributed by atoms with Gasteiger partial charge in [0.15, 0.2) is 0 Å². The van der Waals surface area contributed by atoms with Crippen LogP contribution in [-0.4, -0.2) is 44.7 Å². The van der Waals surface area contributed by atoms with Crippen molar-refractivity contribution in [3.63, 3.8) is 0 Å². The van der Waals surface area contributed by atoms with Crippen molar-refractivity contribution >= 4 is 5.91 Å². The van der Waals surface area contributed by atoms with E-state index in [-0.39, 0.29) is 13.4 Å². The van der Waals surface area contributed by atoms with Gasteiger partial charge in [0.2, 0.25) is 5.91 Å². The molecule has 0 saturated carbocycles. The lowest BCUT2D eigenvalue weighted by atomic mass is 9.98. The zero-order chi connectivity index (χ0) is 29.4. The molecule has 0 bridgehead atoms. The number of ether oxygens (including phenoxy) is 1. The van der Waals surface area contributed by atoms with E-state index in [0.717, 1.165) is 52.5 Å². The van der Waals surface area contributed by atoms with Crippen molar-refractivity contribution in [2.24, 2.45) is 0 Å². The summed E-state index contributed by atoms with van der Waals surface area (Å²) in [6.45, 7) is 15.4. The third-order valence-electron chi connectivity index (χ3n) is 7.02. The third kappa shape index (κ3) is 7.61. The van der Waals surface area contributed by atoms with Crippen LogP contribution in [0.25, 0.3) is 22.4 Å². The zero-order valence-corrected chi connectivity index (χ0v) is 25.2. The lowest BCUT2D eigenvalue weighted by molar-refractivity contribution is -0.123. The summed E-state index contributed by atoms with van der Waals surface area (Å²) in [6, 6.07) is 21.0. The van der Waals surface area contributed by atoms with Gasteiger partial charge >= 0.3 is 0 Å². The molecule has 2 aromatic carbocycles. The Labute approximate surface area is 246 Å². The Kier molecular flexibility index (Phi) is 10.3. The summed E-state index contributed by atoms with van der Waals surface area (Å²) < 4.78 is 8.19. The number of rotatable bonds is 9. The number of pyridine rings is 1. The second kappa shape index (κ2) is 14.1. The average molecular weight is 556 g/mol. The van der Waals surface area contributed by atoms with E-state index in [1.165, 1.54) is 5.56 Å². The molecule has 0 atom stereocenters. The first-order valence-corrected chi connectivity index (χ1v) is 14.7. The molecular formula is C34H45N5O2. The number of carbonyl (C=O) groups excluding carboxylic acids is 1. The number of fused-ring (bicyclic) bond motifs is 1. The van der Waals surface area contributed by atoms with Crippen LogP contribution in [-0.2, 0) is 24.5 Å². The van der Waals surface area contributed by atoms with Crippen molar-refractivity contribution in [2.75, 3.05) is 13.1 Å². The fraction of sp³-hybridized carbons (Fsp3) is 0.382. The fourth-order valence-corrected chi connectivity index (χ4v) is 4.97. The fourth-order valence-electron chi connectivity index (χ4n) is 4.97. The van der Waals surface area contributed by atoms with E-state index in [4.69, 9.17) is 9.84 Å². The van der Waals surface area contributed by atoms with Gasteiger partial charge in [0.25, 0.3) is 0 Å². The normalized spacial score (nSPS) is 13.0. The minimum absolute atomic E-state index is 0. The largest absolute Gasteiger partial charge is 0.489 e. The highest BCUT2D eigenvalue weighted by molar-refractivity contribution is 5.83. The molecule has 41 heavy (non-hydrogen) atoms. The zero-order valence-electron chi connectivity index (χ0n) is 25.2. The van der Waals surface area contributed by atoms with Crippen molar-refractivity contribution in [1.82, 2.24) is 25.0 Å². The van der Waals surface area contributed by atoms with Gasteiger partial charge in [-0.1, -0.05) is 64.1 Å². The summed E-state index contributed by atoms with van der Waals surface area (Å²) in [5.74, 6) is 1.39. The second-order valence-corrected chi connectivity index (χ2v) is 10.8. The van der Waals surface area contributed by atoms with Gasteiger partial charge in [-0.2, -0.15) is 5.10 Å². The molecule has 0 spiro atoms. The van der Waals surface area contributed by atoms with Crippen molar-refractivity contribution in [1.29, 1.82) is 0 Å². The predicted octanol–water partition coefficient (Wildman–Crippen LogP) is 6.93. The van der Waals surface area contributed by atoms with E-state index < -0.39 is 0 Å². The van der Waals surface area contributed by atoms with Crippen LogP contribution in [0.4, 0.5) is 0 Å². The average Bonchev–Trinajstić information content (AvgIpc) is 3.36. The molecule has 2 aromatic heterocycles. The minimum atomic E-state index is 0. The van der Waals surface area contributed by atoms with E-state index in [0.29, 0.717) is 25.6 Å². The highest BCUT2D eigenvalue weighted by atomic mass is 16.5. The van der Waals surface area contributed by atoms with Crippen LogP contribution < -0.4 is 10.1 Å². The van der Waals surface area contributed by atoms with Gasteiger partial charge in [0.05, 0.1) is 18.8 Å². The minimum Gasteiger partial charge on any atom is -0.489 e. The Morgan fingerprint density at radius 3 is 2.24 bits per heavy atom. The summed E-state index contributed by atoms with van der Waals surface area (Å²) >= 11 is 0. The molecule has 1 amide bonds. The van der Waals surface area contributed by atoms with Crippen molar-refractivity contribution in [2.45, 2.75) is 73.2 Å².